The number of halogens is 1. The van der Waals surface area contributed by atoms with Crippen LogP contribution >= 0.6 is 27.7 Å². The van der Waals surface area contributed by atoms with Gasteiger partial charge in [0.25, 0.3) is 11.1 Å². The number of nitrogens with one attached hydrogen (secondary N) is 2. The van der Waals surface area contributed by atoms with Gasteiger partial charge in [-0.1, -0.05) is 12.1 Å². The maximum atomic E-state index is 11.6. The Bertz CT molecular complexity index is 748. The zero-order valence-corrected chi connectivity index (χ0v) is 12.3. The number of aryl methyl sites for hydroxylation is 1. The Morgan fingerprint density at radius 2 is 2.11 bits per heavy atom. The van der Waals surface area contributed by atoms with Crippen LogP contribution in [0.4, 0.5) is 4.79 Å². The number of hydrogen-bond donors (Lipinski definition) is 2. The third-order valence-corrected chi connectivity index (χ3v) is 4.41. The number of aromatic nitrogens is 1. The highest BCUT2D eigenvalue weighted by molar-refractivity contribution is 9.10. The zero-order valence-electron chi connectivity index (χ0n) is 9.91. The van der Waals surface area contributed by atoms with Gasteiger partial charge in [0.05, 0.1) is 10.4 Å². The van der Waals surface area contributed by atoms with Gasteiger partial charge >= 0.3 is 0 Å². The van der Waals surface area contributed by atoms with Crippen molar-refractivity contribution in [3.8, 4) is 0 Å². The number of thioether (sulfide) groups is 1. The van der Waals surface area contributed by atoms with E-state index < -0.39 is 0 Å². The number of H-pyrrole nitrogens is 1. The van der Waals surface area contributed by atoms with Gasteiger partial charge in [-0.15, -0.1) is 0 Å². The van der Waals surface area contributed by atoms with Crippen molar-refractivity contribution in [2.24, 2.45) is 0 Å². The van der Waals surface area contributed by atoms with Crippen LogP contribution in [0.5, 0.6) is 0 Å². The van der Waals surface area contributed by atoms with Crippen LogP contribution in [0.3, 0.4) is 0 Å². The van der Waals surface area contributed by atoms with Gasteiger partial charge in [0.2, 0.25) is 0 Å². The standard InChI is InChI=1S/C13H9BrN2O2S/c1-6-8(5-10-12(17)16-13(18)19-10)7-3-2-4-9(14)11(7)15-6/h2-5,15H,1H3,(H,16,17,18)/b10-5+. The number of carbonyl (C=O) groups excluding carboxylic acids is 2. The molecule has 0 saturated carbocycles. The Morgan fingerprint density at radius 1 is 1.32 bits per heavy atom. The number of fused-ring (bicyclic) bond motifs is 1. The molecule has 1 fully saturated rings. The summed E-state index contributed by atoms with van der Waals surface area (Å²) in [5.41, 5.74) is 2.88. The van der Waals surface area contributed by atoms with Gasteiger partial charge in [-0.3, -0.25) is 14.9 Å². The van der Waals surface area contributed by atoms with E-state index in [4.69, 9.17) is 0 Å². The minimum absolute atomic E-state index is 0.324. The third kappa shape index (κ3) is 2.11. The first kappa shape index (κ1) is 12.5. The number of carbonyl (C=O) groups is 2. The number of rotatable bonds is 1. The number of aromatic amines is 1. The van der Waals surface area contributed by atoms with Gasteiger partial charge in [-0.25, -0.2) is 0 Å². The molecule has 0 bridgehead atoms. The van der Waals surface area contributed by atoms with Gasteiger partial charge in [-0.05, 0) is 46.8 Å². The number of imide groups is 1. The molecule has 0 unspecified atom stereocenters. The van der Waals surface area contributed by atoms with Crippen LogP contribution in [0, 0.1) is 6.92 Å². The summed E-state index contributed by atoms with van der Waals surface area (Å²) < 4.78 is 0.970. The summed E-state index contributed by atoms with van der Waals surface area (Å²) in [6, 6.07) is 5.87. The molecular formula is C13H9BrN2O2S. The summed E-state index contributed by atoms with van der Waals surface area (Å²) in [7, 11) is 0. The van der Waals surface area contributed by atoms with Crippen molar-refractivity contribution in [1.82, 2.24) is 10.3 Å². The van der Waals surface area contributed by atoms with E-state index in [-0.39, 0.29) is 11.1 Å². The molecule has 2 heterocycles. The van der Waals surface area contributed by atoms with Crippen LogP contribution in [0.1, 0.15) is 11.3 Å². The zero-order chi connectivity index (χ0) is 13.6. The lowest BCUT2D eigenvalue weighted by atomic mass is 10.1. The van der Waals surface area contributed by atoms with Crippen molar-refractivity contribution in [1.29, 1.82) is 0 Å². The Labute approximate surface area is 121 Å². The van der Waals surface area contributed by atoms with E-state index in [0.717, 1.165) is 38.4 Å². The molecule has 1 saturated heterocycles. The predicted octanol–water partition coefficient (Wildman–Crippen LogP) is 3.56. The average molecular weight is 337 g/mol. The SMILES string of the molecule is Cc1[nH]c2c(Br)cccc2c1/C=C1/SC(=O)NC1=O. The fourth-order valence-electron chi connectivity index (χ4n) is 2.07. The summed E-state index contributed by atoms with van der Waals surface area (Å²) in [5, 5.41) is 2.95. The van der Waals surface area contributed by atoms with E-state index in [2.05, 4.69) is 26.2 Å². The molecule has 96 valence electrons. The van der Waals surface area contributed by atoms with E-state index in [1.54, 1.807) is 6.08 Å². The molecule has 1 aliphatic rings. The summed E-state index contributed by atoms with van der Waals surface area (Å²) in [6.07, 6.45) is 1.76. The summed E-state index contributed by atoms with van der Waals surface area (Å²) in [4.78, 5) is 26.5. The first-order valence-electron chi connectivity index (χ1n) is 5.58. The molecule has 0 spiro atoms. The number of amides is 2. The van der Waals surface area contributed by atoms with E-state index >= 15 is 0 Å². The van der Waals surface area contributed by atoms with Crippen molar-refractivity contribution >= 4 is 55.8 Å². The normalized spacial score (nSPS) is 17.5. The molecule has 1 aliphatic heterocycles. The molecule has 4 nitrogen and oxygen atoms in total. The van der Waals surface area contributed by atoms with Crippen molar-refractivity contribution in [3.05, 3.63) is 38.8 Å². The lowest BCUT2D eigenvalue weighted by Crippen LogP contribution is -2.17. The van der Waals surface area contributed by atoms with Gasteiger partial charge in [0.15, 0.2) is 0 Å². The monoisotopic (exact) mass is 336 g/mol. The topological polar surface area (TPSA) is 62.0 Å². The molecule has 0 atom stereocenters. The Balaban J connectivity index is 2.19. The lowest BCUT2D eigenvalue weighted by Gasteiger charge is -1.96. The number of hydrogen-bond acceptors (Lipinski definition) is 3. The maximum Gasteiger partial charge on any atom is 0.290 e. The molecule has 6 heteroatoms. The minimum atomic E-state index is -0.334. The molecule has 2 N–H and O–H groups in total. The van der Waals surface area contributed by atoms with Gasteiger partial charge < -0.3 is 4.98 Å². The molecule has 2 aromatic rings. The predicted molar refractivity (Wildman–Crippen MR) is 79.8 cm³/mol. The fourth-order valence-corrected chi connectivity index (χ4v) is 3.20. The molecule has 0 aliphatic carbocycles. The van der Waals surface area contributed by atoms with E-state index in [1.807, 2.05) is 25.1 Å². The quantitative estimate of drug-likeness (QED) is 0.782. The molecule has 0 radical (unpaired) electrons. The summed E-state index contributed by atoms with van der Waals surface area (Å²) in [5.74, 6) is -0.334. The van der Waals surface area contributed by atoms with Crippen molar-refractivity contribution in [2.45, 2.75) is 6.92 Å². The van der Waals surface area contributed by atoms with Crippen LogP contribution in [0.25, 0.3) is 17.0 Å². The molecule has 2 amide bonds. The second-order valence-corrected chi connectivity index (χ2v) is 6.05. The van der Waals surface area contributed by atoms with Crippen LogP contribution < -0.4 is 5.32 Å². The van der Waals surface area contributed by atoms with E-state index in [0.29, 0.717) is 4.91 Å². The van der Waals surface area contributed by atoms with Gasteiger partial charge in [-0.2, -0.15) is 0 Å². The highest BCUT2D eigenvalue weighted by Gasteiger charge is 2.25. The van der Waals surface area contributed by atoms with Crippen molar-refractivity contribution in [2.75, 3.05) is 0 Å². The Kier molecular flexibility index (Phi) is 2.99. The molecule has 1 aromatic carbocycles. The first-order valence-corrected chi connectivity index (χ1v) is 7.19. The minimum Gasteiger partial charge on any atom is -0.357 e. The highest BCUT2D eigenvalue weighted by atomic mass is 79.9. The van der Waals surface area contributed by atoms with Crippen LogP contribution in [0.2, 0.25) is 0 Å². The maximum absolute atomic E-state index is 11.6. The number of benzene rings is 1. The summed E-state index contributed by atoms with van der Waals surface area (Å²) >= 11 is 4.42. The first-order chi connectivity index (χ1) is 9.06. The average Bonchev–Trinajstić information content (AvgIpc) is 2.83. The molecule has 1 aromatic heterocycles. The van der Waals surface area contributed by atoms with Gasteiger partial charge in [0.1, 0.15) is 0 Å². The Morgan fingerprint density at radius 3 is 2.79 bits per heavy atom. The lowest BCUT2D eigenvalue weighted by molar-refractivity contribution is -0.115. The third-order valence-electron chi connectivity index (χ3n) is 2.94. The summed E-state index contributed by atoms with van der Waals surface area (Å²) in [6.45, 7) is 1.94. The highest BCUT2D eigenvalue weighted by Crippen LogP contribution is 2.32. The van der Waals surface area contributed by atoms with Crippen molar-refractivity contribution in [3.63, 3.8) is 0 Å². The number of para-hydroxylation sites is 1. The van der Waals surface area contributed by atoms with Crippen LogP contribution in [-0.4, -0.2) is 16.1 Å². The Hall–Kier alpha value is -1.53. The molecular weight excluding hydrogens is 328 g/mol. The molecule has 19 heavy (non-hydrogen) atoms. The molecule has 3 rings (SSSR count). The second-order valence-electron chi connectivity index (χ2n) is 4.18. The van der Waals surface area contributed by atoms with E-state index in [9.17, 15) is 9.59 Å². The van der Waals surface area contributed by atoms with Crippen LogP contribution in [-0.2, 0) is 4.79 Å². The largest absolute Gasteiger partial charge is 0.357 e. The van der Waals surface area contributed by atoms with Gasteiger partial charge in [0, 0.05) is 21.1 Å². The van der Waals surface area contributed by atoms with E-state index in [1.165, 1.54) is 0 Å². The van der Waals surface area contributed by atoms with Crippen LogP contribution in [0.15, 0.2) is 27.6 Å². The van der Waals surface area contributed by atoms with Crippen molar-refractivity contribution < 1.29 is 9.59 Å². The fraction of sp³-hybridized carbons (Fsp3) is 0.0769. The smallest absolute Gasteiger partial charge is 0.290 e. The second kappa shape index (κ2) is 4.54.